The van der Waals surface area contributed by atoms with Gasteiger partial charge in [0.15, 0.2) is 0 Å². The van der Waals surface area contributed by atoms with Crippen LogP contribution in [0.4, 0.5) is 4.79 Å². The van der Waals surface area contributed by atoms with Gasteiger partial charge in [-0.2, -0.15) is 0 Å². The average Bonchev–Trinajstić information content (AvgIpc) is 3.18. The number of hydrogen-bond donors (Lipinski definition) is 1. The fourth-order valence-corrected chi connectivity index (χ4v) is 4.20. The van der Waals surface area contributed by atoms with Crippen LogP contribution in [0.3, 0.4) is 0 Å². The molecule has 0 bridgehead atoms. The van der Waals surface area contributed by atoms with E-state index in [1.54, 1.807) is 38.9 Å². The van der Waals surface area contributed by atoms with Crippen molar-refractivity contribution in [3.8, 4) is 11.3 Å². The Morgan fingerprint density at radius 1 is 1.16 bits per heavy atom. The number of ether oxygens (including phenoxy) is 1. The molecule has 0 radical (unpaired) electrons. The van der Waals surface area contributed by atoms with Crippen molar-refractivity contribution in [3.63, 3.8) is 0 Å². The molecule has 37 heavy (non-hydrogen) atoms. The van der Waals surface area contributed by atoms with Crippen molar-refractivity contribution in [3.05, 3.63) is 78.0 Å². The highest BCUT2D eigenvalue weighted by atomic mass is 16.6. The van der Waals surface area contributed by atoms with E-state index in [1.807, 2.05) is 42.5 Å². The molecule has 1 aromatic heterocycles. The number of aromatic nitrogens is 1. The molecule has 1 aliphatic heterocycles. The third-order valence-corrected chi connectivity index (χ3v) is 6.10. The molecule has 4 rings (SSSR count). The topological polar surface area (TPSA) is 91.8 Å². The van der Waals surface area contributed by atoms with Gasteiger partial charge in [-0.25, -0.2) is 4.79 Å². The Kier molecular flexibility index (Phi) is 7.29. The number of likely N-dealkylation sites (N-methyl/N-ethyl adjacent to an activating group) is 1. The smallest absolute Gasteiger partial charge is 0.410 e. The lowest BCUT2D eigenvalue weighted by Crippen LogP contribution is -2.40. The van der Waals surface area contributed by atoms with Crippen LogP contribution in [0.1, 0.15) is 36.7 Å². The molecular formula is C29H32N4O4. The van der Waals surface area contributed by atoms with Crippen LogP contribution in [0.15, 0.2) is 66.9 Å². The maximum atomic E-state index is 13.1. The molecule has 0 saturated heterocycles. The first-order valence-corrected chi connectivity index (χ1v) is 12.2. The van der Waals surface area contributed by atoms with Crippen LogP contribution in [-0.4, -0.2) is 65.0 Å². The molecule has 0 fully saturated rings. The van der Waals surface area contributed by atoms with Crippen molar-refractivity contribution in [1.82, 2.24) is 20.1 Å². The molecule has 0 spiro atoms. The van der Waals surface area contributed by atoms with Crippen molar-refractivity contribution in [2.24, 2.45) is 0 Å². The summed E-state index contributed by atoms with van der Waals surface area (Å²) in [6.07, 6.45) is 1.30. The summed E-state index contributed by atoms with van der Waals surface area (Å²) in [5, 5.41) is 4.80. The number of rotatable bonds is 7. The Bertz CT molecular complexity index is 1360. The standard InChI is InChI=1S/C29H32N4O4/c1-19(26(34)31-14-15-32(5)28(36)37-29(2,3)4)17-33-18-24-22(27(33)35)12-11-20-9-10-21(16-23(20)24)25-8-6-7-13-30-25/h6-13,16H,1,14-15,17-18H2,2-5H3,(H,31,34). The summed E-state index contributed by atoms with van der Waals surface area (Å²) < 4.78 is 5.31. The van der Waals surface area contributed by atoms with Crippen LogP contribution in [0.25, 0.3) is 22.0 Å². The number of amides is 3. The first-order valence-electron chi connectivity index (χ1n) is 12.2. The van der Waals surface area contributed by atoms with Crippen molar-refractivity contribution in [2.75, 3.05) is 26.7 Å². The van der Waals surface area contributed by atoms with Gasteiger partial charge in [0, 0.05) is 49.6 Å². The molecule has 0 unspecified atom stereocenters. The number of carbonyl (C=O) groups excluding carboxylic acids is 3. The van der Waals surface area contributed by atoms with Crippen molar-refractivity contribution < 1.29 is 19.1 Å². The summed E-state index contributed by atoms with van der Waals surface area (Å²) in [7, 11) is 1.61. The number of pyridine rings is 1. The zero-order valence-corrected chi connectivity index (χ0v) is 21.7. The van der Waals surface area contributed by atoms with Gasteiger partial charge >= 0.3 is 6.09 Å². The van der Waals surface area contributed by atoms with Gasteiger partial charge in [-0.15, -0.1) is 0 Å². The Labute approximate surface area is 216 Å². The van der Waals surface area contributed by atoms with Gasteiger partial charge in [0.2, 0.25) is 5.91 Å². The lowest BCUT2D eigenvalue weighted by atomic mass is 9.98. The van der Waals surface area contributed by atoms with Gasteiger partial charge in [-0.05, 0) is 61.4 Å². The van der Waals surface area contributed by atoms with Gasteiger partial charge in [-0.3, -0.25) is 14.6 Å². The maximum Gasteiger partial charge on any atom is 0.410 e. The summed E-state index contributed by atoms with van der Waals surface area (Å²) in [6.45, 7) is 10.3. The minimum atomic E-state index is -0.589. The summed E-state index contributed by atoms with van der Waals surface area (Å²) >= 11 is 0. The van der Waals surface area contributed by atoms with Crippen LogP contribution in [-0.2, 0) is 16.1 Å². The van der Waals surface area contributed by atoms with E-state index in [0.717, 1.165) is 27.6 Å². The molecule has 8 nitrogen and oxygen atoms in total. The Balaban J connectivity index is 1.38. The number of nitrogens with zero attached hydrogens (tertiary/aromatic N) is 3. The monoisotopic (exact) mass is 500 g/mol. The Morgan fingerprint density at radius 3 is 2.62 bits per heavy atom. The Morgan fingerprint density at radius 2 is 1.92 bits per heavy atom. The second-order valence-corrected chi connectivity index (χ2v) is 10.2. The second-order valence-electron chi connectivity index (χ2n) is 10.2. The number of benzene rings is 2. The van der Waals surface area contributed by atoms with E-state index in [4.69, 9.17) is 4.74 Å². The molecule has 192 valence electrons. The SMILES string of the molecule is C=C(CN1Cc2c(ccc3ccc(-c4ccccn4)cc23)C1=O)C(=O)NCCN(C)C(=O)OC(C)(C)C. The Hall–Kier alpha value is -4.20. The van der Waals surface area contributed by atoms with E-state index in [2.05, 4.69) is 22.9 Å². The lowest BCUT2D eigenvalue weighted by Gasteiger charge is -2.24. The van der Waals surface area contributed by atoms with E-state index in [-0.39, 0.29) is 37.0 Å². The third kappa shape index (κ3) is 5.97. The minimum Gasteiger partial charge on any atom is -0.444 e. The van der Waals surface area contributed by atoms with Gasteiger partial charge in [0.25, 0.3) is 5.91 Å². The summed E-state index contributed by atoms with van der Waals surface area (Å²) in [5.74, 6) is -0.484. The van der Waals surface area contributed by atoms with Crippen LogP contribution in [0, 0.1) is 0 Å². The summed E-state index contributed by atoms with van der Waals surface area (Å²) in [4.78, 5) is 45.3. The van der Waals surface area contributed by atoms with Gasteiger partial charge in [-0.1, -0.05) is 30.8 Å². The van der Waals surface area contributed by atoms with Crippen molar-refractivity contribution in [2.45, 2.75) is 32.9 Å². The lowest BCUT2D eigenvalue weighted by molar-refractivity contribution is -0.117. The quantitative estimate of drug-likeness (QED) is 0.486. The normalized spacial score (nSPS) is 12.9. The largest absolute Gasteiger partial charge is 0.444 e. The molecule has 0 aliphatic carbocycles. The number of carbonyl (C=O) groups is 3. The summed E-state index contributed by atoms with van der Waals surface area (Å²) in [5.41, 5.74) is 3.11. The van der Waals surface area contributed by atoms with Crippen LogP contribution in [0.2, 0.25) is 0 Å². The summed E-state index contributed by atoms with van der Waals surface area (Å²) in [6, 6.07) is 15.7. The molecule has 0 saturated carbocycles. The first-order chi connectivity index (χ1) is 17.5. The molecule has 3 amide bonds. The van der Waals surface area contributed by atoms with E-state index < -0.39 is 11.7 Å². The number of fused-ring (bicyclic) bond motifs is 3. The highest BCUT2D eigenvalue weighted by Gasteiger charge is 2.30. The van der Waals surface area contributed by atoms with Gasteiger partial charge in [0.05, 0.1) is 12.2 Å². The zero-order valence-electron chi connectivity index (χ0n) is 21.7. The molecule has 2 heterocycles. The van der Waals surface area contributed by atoms with Crippen LogP contribution < -0.4 is 5.32 Å². The highest BCUT2D eigenvalue weighted by Crippen LogP contribution is 2.33. The molecule has 0 atom stereocenters. The van der Waals surface area contributed by atoms with Crippen LogP contribution in [0.5, 0.6) is 0 Å². The second kappa shape index (κ2) is 10.4. The van der Waals surface area contributed by atoms with Gasteiger partial charge in [0.1, 0.15) is 5.60 Å². The average molecular weight is 501 g/mol. The molecule has 3 aromatic rings. The van der Waals surface area contributed by atoms with E-state index in [1.165, 1.54) is 4.90 Å². The predicted octanol–water partition coefficient (Wildman–Crippen LogP) is 4.40. The molecule has 1 aliphatic rings. The number of nitrogens with one attached hydrogen (secondary N) is 1. The molecule has 2 aromatic carbocycles. The molecule has 1 N–H and O–H groups in total. The first kappa shape index (κ1) is 25.9. The highest BCUT2D eigenvalue weighted by molar-refractivity contribution is 6.05. The molecule has 8 heteroatoms. The van der Waals surface area contributed by atoms with E-state index >= 15 is 0 Å². The fourth-order valence-electron chi connectivity index (χ4n) is 4.20. The molecular weight excluding hydrogens is 468 g/mol. The number of hydrogen-bond acceptors (Lipinski definition) is 5. The zero-order chi connectivity index (χ0) is 26.7. The predicted molar refractivity (Wildman–Crippen MR) is 143 cm³/mol. The van der Waals surface area contributed by atoms with E-state index in [0.29, 0.717) is 12.1 Å². The van der Waals surface area contributed by atoms with Gasteiger partial charge < -0.3 is 19.9 Å². The van der Waals surface area contributed by atoms with Crippen molar-refractivity contribution >= 4 is 28.7 Å². The fraction of sp³-hybridized carbons (Fsp3) is 0.310. The third-order valence-electron chi connectivity index (χ3n) is 6.10. The van der Waals surface area contributed by atoms with Crippen LogP contribution >= 0.6 is 0 Å². The minimum absolute atomic E-state index is 0.114. The van der Waals surface area contributed by atoms with E-state index in [9.17, 15) is 14.4 Å². The maximum absolute atomic E-state index is 13.1. The van der Waals surface area contributed by atoms with Crippen molar-refractivity contribution in [1.29, 1.82) is 0 Å².